The highest BCUT2D eigenvalue weighted by Gasteiger charge is 2.27. The van der Waals surface area contributed by atoms with Gasteiger partial charge in [0.2, 0.25) is 0 Å². The molecule has 1 heterocycles. The van der Waals surface area contributed by atoms with Gasteiger partial charge >= 0.3 is 6.09 Å². The summed E-state index contributed by atoms with van der Waals surface area (Å²) < 4.78 is 5.73. The van der Waals surface area contributed by atoms with Gasteiger partial charge in [-0.05, 0) is 28.8 Å². The van der Waals surface area contributed by atoms with E-state index in [4.69, 9.17) is 4.74 Å². The molecule has 0 unspecified atom stereocenters. The predicted octanol–water partition coefficient (Wildman–Crippen LogP) is 5.07. The molecule has 0 bridgehead atoms. The number of amides is 1. The Bertz CT molecular complexity index is 952. The van der Waals surface area contributed by atoms with Crippen LogP contribution in [0.4, 0.5) is 4.79 Å². The van der Waals surface area contributed by atoms with E-state index in [1.807, 2.05) is 13.0 Å². The van der Waals surface area contributed by atoms with Crippen LogP contribution in [0.25, 0.3) is 10.8 Å². The zero-order chi connectivity index (χ0) is 20.1. The second-order valence-corrected chi connectivity index (χ2v) is 7.67. The van der Waals surface area contributed by atoms with E-state index < -0.39 is 0 Å². The Hall–Kier alpha value is -2.85. The number of carbonyl (C=O) groups is 1. The van der Waals surface area contributed by atoms with Crippen LogP contribution in [0.3, 0.4) is 0 Å². The van der Waals surface area contributed by atoms with E-state index in [2.05, 4.69) is 71.6 Å². The van der Waals surface area contributed by atoms with Crippen LogP contribution in [0.5, 0.6) is 0 Å². The Morgan fingerprint density at radius 2 is 1.72 bits per heavy atom. The van der Waals surface area contributed by atoms with Crippen molar-refractivity contribution >= 4 is 16.9 Å². The fraction of sp³-hybridized carbons (Fsp3) is 0.320. The second-order valence-electron chi connectivity index (χ2n) is 7.67. The van der Waals surface area contributed by atoms with Gasteiger partial charge in [0.25, 0.3) is 0 Å². The van der Waals surface area contributed by atoms with Crippen molar-refractivity contribution in [2.45, 2.75) is 32.5 Å². The van der Waals surface area contributed by atoms with Gasteiger partial charge in [-0.2, -0.15) is 0 Å². The largest absolute Gasteiger partial charge is 0.445 e. The van der Waals surface area contributed by atoms with Crippen molar-refractivity contribution in [2.24, 2.45) is 0 Å². The highest BCUT2D eigenvalue weighted by molar-refractivity contribution is 5.85. The van der Waals surface area contributed by atoms with Crippen molar-refractivity contribution < 1.29 is 9.53 Å². The van der Waals surface area contributed by atoms with Crippen molar-refractivity contribution in [3.63, 3.8) is 0 Å². The van der Waals surface area contributed by atoms with Gasteiger partial charge in [-0.25, -0.2) is 4.79 Å². The first-order valence-corrected chi connectivity index (χ1v) is 10.4. The van der Waals surface area contributed by atoms with Gasteiger partial charge in [-0.15, -0.1) is 0 Å². The predicted molar refractivity (Wildman–Crippen MR) is 117 cm³/mol. The van der Waals surface area contributed by atoms with Crippen LogP contribution in [-0.2, 0) is 17.8 Å². The topological polar surface area (TPSA) is 32.8 Å². The molecule has 1 aliphatic heterocycles. The molecule has 1 atom stereocenters. The van der Waals surface area contributed by atoms with Gasteiger partial charge in [-0.3, -0.25) is 4.90 Å². The van der Waals surface area contributed by atoms with Crippen molar-refractivity contribution in [3.8, 4) is 0 Å². The number of hydrogen-bond acceptors (Lipinski definition) is 3. The van der Waals surface area contributed by atoms with E-state index in [0.717, 1.165) is 32.6 Å². The van der Waals surface area contributed by atoms with E-state index in [1.54, 1.807) is 4.90 Å². The van der Waals surface area contributed by atoms with Crippen molar-refractivity contribution in [1.82, 2.24) is 9.80 Å². The molecule has 3 aromatic carbocycles. The molecule has 3 aromatic rings. The lowest BCUT2D eigenvalue weighted by Gasteiger charge is -2.34. The lowest BCUT2D eigenvalue weighted by atomic mass is 10.0. The molecule has 4 nitrogen and oxygen atoms in total. The first kappa shape index (κ1) is 19.5. The van der Waals surface area contributed by atoms with Crippen LogP contribution >= 0.6 is 0 Å². The normalized spacial score (nSPS) is 17.0. The standard InChI is InChI=1S/C25H28N2O2/c1-2-27-16-15-23(29-25(27)28)19-26(17-20-9-4-3-5-10-20)18-22-13-8-12-21-11-6-7-14-24(21)22/h3-14,23H,2,15-19H2,1H3/t23-/m0/s1. The molecule has 1 saturated heterocycles. The SMILES string of the molecule is CCN1CC[C@@H](CN(Cc2ccccc2)Cc2cccc3ccccc23)OC1=O. The van der Waals surface area contributed by atoms with Crippen molar-refractivity contribution in [2.75, 3.05) is 19.6 Å². The number of hydrogen-bond donors (Lipinski definition) is 0. The van der Waals surface area contributed by atoms with E-state index in [9.17, 15) is 4.79 Å². The van der Waals surface area contributed by atoms with Gasteiger partial charge in [0.05, 0.1) is 0 Å². The van der Waals surface area contributed by atoms with E-state index in [0.29, 0.717) is 6.54 Å². The fourth-order valence-electron chi connectivity index (χ4n) is 4.07. The quantitative estimate of drug-likeness (QED) is 0.566. The summed E-state index contributed by atoms with van der Waals surface area (Å²) in [7, 11) is 0. The smallest absolute Gasteiger partial charge is 0.410 e. The minimum absolute atomic E-state index is 0.0658. The van der Waals surface area contributed by atoms with Gasteiger partial charge in [-0.1, -0.05) is 72.8 Å². The van der Waals surface area contributed by atoms with Gasteiger partial charge < -0.3 is 9.64 Å². The summed E-state index contributed by atoms with van der Waals surface area (Å²) in [5.74, 6) is 0. The molecule has 0 radical (unpaired) electrons. The Kier molecular flexibility index (Phi) is 6.11. The van der Waals surface area contributed by atoms with Gasteiger partial charge in [0, 0.05) is 39.1 Å². The van der Waals surface area contributed by atoms with Crippen LogP contribution in [-0.4, -0.2) is 41.6 Å². The summed E-state index contributed by atoms with van der Waals surface area (Å²) in [4.78, 5) is 16.4. The molecule has 29 heavy (non-hydrogen) atoms. The monoisotopic (exact) mass is 388 g/mol. The molecule has 0 N–H and O–H groups in total. The molecule has 0 saturated carbocycles. The van der Waals surface area contributed by atoms with Crippen molar-refractivity contribution in [3.05, 3.63) is 83.9 Å². The Morgan fingerprint density at radius 3 is 2.52 bits per heavy atom. The fourth-order valence-corrected chi connectivity index (χ4v) is 4.07. The highest BCUT2D eigenvalue weighted by atomic mass is 16.6. The highest BCUT2D eigenvalue weighted by Crippen LogP contribution is 2.22. The Labute approximate surface area is 172 Å². The molecule has 4 rings (SSSR count). The lowest BCUT2D eigenvalue weighted by molar-refractivity contribution is 0.00728. The third-order valence-electron chi connectivity index (χ3n) is 5.61. The van der Waals surface area contributed by atoms with Crippen LogP contribution in [0.15, 0.2) is 72.8 Å². The zero-order valence-electron chi connectivity index (χ0n) is 17.0. The third-order valence-corrected chi connectivity index (χ3v) is 5.61. The number of ether oxygens (including phenoxy) is 1. The van der Waals surface area contributed by atoms with E-state index >= 15 is 0 Å². The minimum Gasteiger partial charge on any atom is -0.445 e. The molecular formula is C25H28N2O2. The molecule has 1 amide bonds. The van der Waals surface area contributed by atoms with Crippen LogP contribution < -0.4 is 0 Å². The van der Waals surface area contributed by atoms with Crippen LogP contribution in [0.1, 0.15) is 24.5 Å². The molecule has 150 valence electrons. The first-order valence-electron chi connectivity index (χ1n) is 10.4. The average molecular weight is 389 g/mol. The Morgan fingerprint density at radius 1 is 0.966 bits per heavy atom. The second kappa shape index (κ2) is 9.10. The maximum atomic E-state index is 12.2. The molecule has 0 spiro atoms. The molecule has 1 aliphatic rings. The third kappa shape index (κ3) is 4.77. The molecule has 0 aromatic heterocycles. The van der Waals surface area contributed by atoms with E-state index in [-0.39, 0.29) is 12.2 Å². The maximum Gasteiger partial charge on any atom is 0.410 e. The maximum absolute atomic E-state index is 12.2. The number of carbonyl (C=O) groups excluding carboxylic acids is 1. The molecule has 1 fully saturated rings. The number of benzene rings is 3. The zero-order valence-corrected chi connectivity index (χ0v) is 17.0. The molecule has 0 aliphatic carbocycles. The number of cyclic esters (lactones) is 1. The number of rotatable bonds is 7. The van der Waals surface area contributed by atoms with E-state index in [1.165, 1.54) is 21.9 Å². The van der Waals surface area contributed by atoms with Gasteiger partial charge in [0.15, 0.2) is 0 Å². The molecule has 4 heteroatoms. The lowest BCUT2D eigenvalue weighted by Crippen LogP contribution is -2.45. The van der Waals surface area contributed by atoms with Crippen LogP contribution in [0.2, 0.25) is 0 Å². The Balaban J connectivity index is 1.54. The number of fused-ring (bicyclic) bond motifs is 1. The van der Waals surface area contributed by atoms with Crippen LogP contribution in [0, 0.1) is 0 Å². The summed E-state index contributed by atoms with van der Waals surface area (Å²) in [5.41, 5.74) is 2.57. The average Bonchev–Trinajstić information content (AvgIpc) is 2.75. The van der Waals surface area contributed by atoms with Crippen molar-refractivity contribution in [1.29, 1.82) is 0 Å². The summed E-state index contributed by atoms with van der Waals surface area (Å²) in [6.07, 6.45) is 0.623. The summed E-state index contributed by atoms with van der Waals surface area (Å²) in [6.45, 7) is 5.85. The number of nitrogens with zero attached hydrogens (tertiary/aromatic N) is 2. The first-order chi connectivity index (χ1) is 14.2. The summed E-state index contributed by atoms with van der Waals surface area (Å²) >= 11 is 0. The molecular weight excluding hydrogens is 360 g/mol. The minimum atomic E-state index is -0.187. The summed E-state index contributed by atoms with van der Waals surface area (Å²) in [6, 6.07) is 25.5. The van der Waals surface area contributed by atoms with Gasteiger partial charge in [0.1, 0.15) is 6.10 Å². The summed E-state index contributed by atoms with van der Waals surface area (Å²) in [5, 5.41) is 2.54.